The standard InChI is InChI=1S/C5H4ClNO.Na/c6-4-2-1-3-5(8)7-4;/h1-3H,(H,7,8);. The largest absolute Gasteiger partial charge is 0.313 e. The maximum atomic E-state index is 10.4. The molecule has 1 radical (unpaired) electrons. The number of halogens is 1. The summed E-state index contributed by atoms with van der Waals surface area (Å²) in [6.07, 6.45) is 0. The van der Waals surface area contributed by atoms with Gasteiger partial charge in [-0.05, 0) is 6.07 Å². The van der Waals surface area contributed by atoms with Crippen molar-refractivity contribution in [2.75, 3.05) is 0 Å². The molecule has 0 saturated heterocycles. The Morgan fingerprint density at radius 3 is 2.44 bits per heavy atom. The molecule has 1 heterocycles. The Morgan fingerprint density at radius 1 is 1.44 bits per heavy atom. The summed E-state index contributed by atoms with van der Waals surface area (Å²) in [5.74, 6) is 0. The third-order valence-electron chi connectivity index (χ3n) is 0.733. The molecule has 1 N–H and O–H groups in total. The van der Waals surface area contributed by atoms with Gasteiger partial charge in [-0.3, -0.25) is 4.79 Å². The van der Waals surface area contributed by atoms with Crippen LogP contribution in [0.15, 0.2) is 23.0 Å². The molecule has 1 aromatic rings. The number of H-pyrrole nitrogens is 1. The van der Waals surface area contributed by atoms with Crippen LogP contribution < -0.4 is 5.56 Å². The molecule has 1 rings (SSSR count). The first kappa shape index (κ1) is 9.24. The summed E-state index contributed by atoms with van der Waals surface area (Å²) >= 11 is 5.39. The Balaban J connectivity index is 0.000000640. The summed E-state index contributed by atoms with van der Waals surface area (Å²) < 4.78 is 0. The monoisotopic (exact) mass is 152 g/mol. The van der Waals surface area contributed by atoms with Gasteiger partial charge < -0.3 is 4.98 Å². The van der Waals surface area contributed by atoms with E-state index >= 15 is 0 Å². The molecule has 2 nitrogen and oxygen atoms in total. The van der Waals surface area contributed by atoms with Gasteiger partial charge in [0.2, 0.25) is 5.56 Å². The van der Waals surface area contributed by atoms with Crippen LogP contribution in [0.4, 0.5) is 0 Å². The van der Waals surface area contributed by atoms with Crippen LogP contribution in [0.5, 0.6) is 0 Å². The SMILES string of the molecule is O=c1cccc(Cl)[nH]1.[Na]. The van der Waals surface area contributed by atoms with Crippen LogP contribution in [-0.2, 0) is 0 Å². The van der Waals surface area contributed by atoms with Gasteiger partial charge in [0.05, 0.1) is 0 Å². The van der Waals surface area contributed by atoms with Crippen molar-refractivity contribution < 1.29 is 0 Å². The molecule has 0 aliphatic heterocycles. The molecule has 0 unspecified atom stereocenters. The molecule has 0 bridgehead atoms. The van der Waals surface area contributed by atoms with E-state index in [1.165, 1.54) is 6.07 Å². The van der Waals surface area contributed by atoms with E-state index in [-0.39, 0.29) is 35.1 Å². The van der Waals surface area contributed by atoms with E-state index in [9.17, 15) is 4.79 Å². The molecular weight excluding hydrogens is 149 g/mol. The maximum Gasteiger partial charge on any atom is 0.249 e. The van der Waals surface area contributed by atoms with Crippen LogP contribution >= 0.6 is 11.6 Å². The average Bonchev–Trinajstić information content (AvgIpc) is 1.64. The number of hydrogen-bond donors (Lipinski definition) is 1. The molecule has 0 fully saturated rings. The second-order valence-corrected chi connectivity index (χ2v) is 1.77. The van der Waals surface area contributed by atoms with Crippen LogP contribution in [0.25, 0.3) is 0 Å². The molecule has 0 atom stereocenters. The molecule has 0 saturated carbocycles. The predicted octanol–water partition coefficient (Wildman–Crippen LogP) is 0.647. The summed E-state index contributed by atoms with van der Waals surface area (Å²) in [4.78, 5) is 12.7. The number of aromatic amines is 1. The van der Waals surface area contributed by atoms with Gasteiger partial charge in [-0.1, -0.05) is 17.7 Å². The summed E-state index contributed by atoms with van der Waals surface area (Å²) in [6, 6.07) is 4.62. The molecule has 0 amide bonds. The first-order valence-corrected chi connectivity index (χ1v) is 2.52. The van der Waals surface area contributed by atoms with Gasteiger partial charge in [-0.15, -0.1) is 0 Å². The van der Waals surface area contributed by atoms with Crippen LogP contribution in [0.1, 0.15) is 0 Å². The van der Waals surface area contributed by atoms with Crippen molar-refractivity contribution in [2.24, 2.45) is 0 Å². The zero-order valence-corrected chi connectivity index (χ0v) is 7.77. The summed E-state index contributed by atoms with van der Waals surface area (Å²) in [6.45, 7) is 0. The minimum atomic E-state index is -0.169. The van der Waals surface area contributed by atoms with Crippen molar-refractivity contribution in [3.8, 4) is 0 Å². The number of nitrogens with one attached hydrogen (secondary N) is 1. The third kappa shape index (κ3) is 3.06. The van der Waals surface area contributed by atoms with E-state index in [1.54, 1.807) is 12.1 Å². The minimum absolute atomic E-state index is 0. The molecule has 4 heteroatoms. The Morgan fingerprint density at radius 2 is 2.11 bits per heavy atom. The Bertz CT molecular complexity index is 234. The molecule has 43 valence electrons. The van der Waals surface area contributed by atoms with Crippen LogP contribution in [0, 0.1) is 0 Å². The second-order valence-electron chi connectivity index (χ2n) is 1.36. The van der Waals surface area contributed by atoms with Gasteiger partial charge in [0.15, 0.2) is 0 Å². The normalized spacial score (nSPS) is 8.11. The van der Waals surface area contributed by atoms with E-state index in [1.807, 2.05) is 0 Å². The van der Waals surface area contributed by atoms with Gasteiger partial charge in [-0.2, -0.15) is 0 Å². The number of rotatable bonds is 0. The predicted molar refractivity (Wildman–Crippen MR) is 37.8 cm³/mol. The molecule has 1 aromatic heterocycles. The Labute approximate surface area is 79.5 Å². The summed E-state index contributed by atoms with van der Waals surface area (Å²) in [5, 5.41) is 0.373. The quantitative estimate of drug-likeness (QED) is 0.430. The van der Waals surface area contributed by atoms with Crippen molar-refractivity contribution in [3.63, 3.8) is 0 Å². The van der Waals surface area contributed by atoms with Crippen LogP contribution in [0.2, 0.25) is 5.15 Å². The van der Waals surface area contributed by atoms with Gasteiger partial charge in [0.25, 0.3) is 0 Å². The molecule has 0 aliphatic rings. The fraction of sp³-hybridized carbons (Fsp3) is 0. The fourth-order valence-electron chi connectivity index (χ4n) is 0.421. The van der Waals surface area contributed by atoms with Gasteiger partial charge in [-0.25, -0.2) is 0 Å². The number of hydrogen-bond acceptors (Lipinski definition) is 1. The smallest absolute Gasteiger partial charge is 0.249 e. The maximum absolute atomic E-state index is 10.4. The summed E-state index contributed by atoms with van der Waals surface area (Å²) in [5.41, 5.74) is -0.169. The zero-order valence-electron chi connectivity index (χ0n) is 5.02. The average molecular weight is 153 g/mol. The van der Waals surface area contributed by atoms with Crippen LogP contribution in [0.3, 0.4) is 0 Å². The van der Waals surface area contributed by atoms with E-state index < -0.39 is 0 Å². The van der Waals surface area contributed by atoms with E-state index in [4.69, 9.17) is 11.6 Å². The first-order valence-electron chi connectivity index (χ1n) is 2.14. The van der Waals surface area contributed by atoms with Crippen LogP contribution in [-0.4, -0.2) is 34.5 Å². The van der Waals surface area contributed by atoms with E-state index in [2.05, 4.69) is 4.98 Å². The van der Waals surface area contributed by atoms with Crippen molar-refractivity contribution in [3.05, 3.63) is 33.7 Å². The molecule has 0 aliphatic carbocycles. The van der Waals surface area contributed by atoms with Gasteiger partial charge in [0, 0.05) is 35.6 Å². The van der Waals surface area contributed by atoms with Crippen molar-refractivity contribution >= 4 is 41.2 Å². The van der Waals surface area contributed by atoms with Gasteiger partial charge in [0.1, 0.15) is 5.15 Å². The van der Waals surface area contributed by atoms with E-state index in [0.29, 0.717) is 5.15 Å². The van der Waals surface area contributed by atoms with Crippen molar-refractivity contribution in [1.82, 2.24) is 4.98 Å². The first-order chi connectivity index (χ1) is 3.79. The zero-order chi connectivity index (χ0) is 5.98. The molecule has 0 spiro atoms. The van der Waals surface area contributed by atoms with Crippen molar-refractivity contribution in [2.45, 2.75) is 0 Å². The number of pyridine rings is 1. The van der Waals surface area contributed by atoms with Gasteiger partial charge >= 0.3 is 0 Å². The minimum Gasteiger partial charge on any atom is -0.313 e. The molecule has 0 aromatic carbocycles. The topological polar surface area (TPSA) is 32.9 Å². The molecular formula is C5H4ClNNaO. The Hall–Kier alpha value is 0.240. The molecule has 9 heavy (non-hydrogen) atoms. The van der Waals surface area contributed by atoms with E-state index in [0.717, 1.165) is 0 Å². The summed E-state index contributed by atoms with van der Waals surface area (Å²) in [7, 11) is 0. The Kier molecular flexibility index (Phi) is 4.23. The number of aromatic nitrogens is 1. The fourth-order valence-corrected chi connectivity index (χ4v) is 0.587. The third-order valence-corrected chi connectivity index (χ3v) is 0.953. The van der Waals surface area contributed by atoms with Crippen molar-refractivity contribution in [1.29, 1.82) is 0 Å². The second kappa shape index (κ2) is 4.12.